The van der Waals surface area contributed by atoms with Gasteiger partial charge in [0.05, 0.1) is 0 Å². The van der Waals surface area contributed by atoms with Gasteiger partial charge in [-0.05, 0) is 11.8 Å². The van der Waals surface area contributed by atoms with Crippen molar-refractivity contribution in [3.63, 3.8) is 0 Å². The molecule has 0 aromatic rings. The molecular weight excluding hydrogens is 127 g/mol. The lowest BCUT2D eigenvalue weighted by Gasteiger charge is -1.84. The Morgan fingerprint density at radius 1 is 1.50 bits per heavy atom. The molecule has 0 rings (SSSR count). The average molecular weight is 130 g/mol. The summed E-state index contributed by atoms with van der Waals surface area (Å²) in [5.74, 6) is 3.57. The Morgan fingerprint density at radius 2 is 2.00 bits per heavy atom. The van der Waals surface area contributed by atoms with Crippen LogP contribution in [0.15, 0.2) is 0 Å². The van der Waals surface area contributed by atoms with E-state index in [1.807, 2.05) is 0 Å². The van der Waals surface area contributed by atoms with E-state index >= 15 is 0 Å². The van der Waals surface area contributed by atoms with Crippen molar-refractivity contribution >= 4 is 7.60 Å². The van der Waals surface area contributed by atoms with Gasteiger partial charge < -0.3 is 9.79 Å². The molecule has 0 bridgehead atoms. The molecule has 0 aromatic heterocycles. The van der Waals surface area contributed by atoms with Gasteiger partial charge in [0.2, 0.25) is 0 Å². The van der Waals surface area contributed by atoms with Crippen LogP contribution >= 0.6 is 7.60 Å². The maximum atomic E-state index is 9.82. The van der Waals surface area contributed by atoms with Crippen molar-refractivity contribution in [3.05, 3.63) is 0 Å². The highest BCUT2D eigenvalue weighted by molar-refractivity contribution is 7.57. The topological polar surface area (TPSA) is 57.5 Å². The molecule has 0 radical (unpaired) electrons. The third kappa shape index (κ3) is 5.27. The molecule has 0 aliphatic heterocycles. The van der Waals surface area contributed by atoms with Crippen LogP contribution in [-0.2, 0) is 4.57 Å². The minimum atomic E-state index is -4.19. The second-order valence-electron chi connectivity index (χ2n) is 0.925. The van der Waals surface area contributed by atoms with Gasteiger partial charge in [-0.1, -0.05) is 0 Å². The zero-order chi connectivity index (χ0) is 6.62. The zero-order valence-electron chi connectivity index (χ0n) is 3.83. The lowest BCUT2D eigenvalue weighted by molar-refractivity contribution is 0.389. The van der Waals surface area contributed by atoms with Crippen LogP contribution in [0.1, 0.15) is 0 Å². The Bertz CT molecular complexity index is 208. The predicted octanol–water partition coefficient (Wildman–Crippen LogP) is -0.242. The van der Waals surface area contributed by atoms with E-state index < -0.39 is 7.60 Å². The Kier molecular flexibility index (Phi) is 2.31. The Hall–Kier alpha value is -0.730. The predicted molar refractivity (Wildman–Crippen MR) is 28.7 cm³/mol. The SMILES string of the molecule is C#CC#CP(=O)(O)O. The van der Waals surface area contributed by atoms with Crippen molar-refractivity contribution in [2.24, 2.45) is 0 Å². The summed E-state index contributed by atoms with van der Waals surface area (Å²) in [5.41, 5.74) is 1.55. The molecule has 0 aliphatic rings. The minimum Gasteiger partial charge on any atom is -0.315 e. The van der Waals surface area contributed by atoms with E-state index in [2.05, 4.69) is 6.42 Å². The second kappa shape index (κ2) is 2.55. The van der Waals surface area contributed by atoms with Crippen molar-refractivity contribution in [1.82, 2.24) is 0 Å². The van der Waals surface area contributed by atoms with Crippen LogP contribution < -0.4 is 0 Å². The van der Waals surface area contributed by atoms with Crippen LogP contribution in [0, 0.1) is 23.9 Å². The summed E-state index contributed by atoms with van der Waals surface area (Å²) in [7, 11) is -4.19. The number of hydrogen-bond acceptors (Lipinski definition) is 1. The summed E-state index contributed by atoms with van der Waals surface area (Å²) < 4.78 is 9.82. The molecule has 4 heteroatoms. The Labute approximate surface area is 46.9 Å². The normalized spacial score (nSPS) is 8.62. The summed E-state index contributed by atoms with van der Waals surface area (Å²) >= 11 is 0. The van der Waals surface area contributed by atoms with E-state index in [4.69, 9.17) is 9.79 Å². The van der Waals surface area contributed by atoms with Crippen LogP contribution in [0.25, 0.3) is 0 Å². The van der Waals surface area contributed by atoms with Crippen molar-refractivity contribution in [2.45, 2.75) is 0 Å². The molecule has 0 atom stereocenters. The van der Waals surface area contributed by atoms with Crippen LogP contribution in [0.4, 0.5) is 0 Å². The fourth-order valence-electron chi connectivity index (χ4n) is 0.105. The first-order chi connectivity index (χ1) is 3.56. The van der Waals surface area contributed by atoms with Gasteiger partial charge in [0, 0.05) is 5.66 Å². The average Bonchev–Trinajstić information content (AvgIpc) is 1.59. The molecule has 0 spiro atoms. The second-order valence-corrected chi connectivity index (χ2v) is 2.24. The Morgan fingerprint density at radius 3 is 2.12 bits per heavy atom. The summed E-state index contributed by atoms with van der Waals surface area (Å²) in [5, 5.41) is 0. The summed E-state index contributed by atoms with van der Waals surface area (Å²) in [6.07, 6.45) is 4.57. The Balaban J connectivity index is 4.17. The third-order valence-corrected chi connectivity index (χ3v) is 0.677. The molecule has 0 saturated heterocycles. The molecule has 0 saturated carbocycles. The van der Waals surface area contributed by atoms with Crippen LogP contribution in [0.5, 0.6) is 0 Å². The van der Waals surface area contributed by atoms with Crippen LogP contribution in [-0.4, -0.2) is 9.79 Å². The van der Waals surface area contributed by atoms with E-state index in [0.717, 1.165) is 0 Å². The summed E-state index contributed by atoms with van der Waals surface area (Å²) in [4.78, 5) is 16.0. The van der Waals surface area contributed by atoms with Crippen LogP contribution in [0.3, 0.4) is 0 Å². The molecule has 3 nitrogen and oxygen atoms in total. The first-order valence-electron chi connectivity index (χ1n) is 1.59. The number of terminal acetylenes is 1. The van der Waals surface area contributed by atoms with Crippen molar-refractivity contribution in [1.29, 1.82) is 0 Å². The third-order valence-electron chi connectivity index (χ3n) is 0.274. The van der Waals surface area contributed by atoms with E-state index in [0.29, 0.717) is 0 Å². The van der Waals surface area contributed by atoms with Gasteiger partial charge >= 0.3 is 7.60 Å². The lowest BCUT2D eigenvalue weighted by atomic mass is 10.7. The van der Waals surface area contributed by atoms with Gasteiger partial charge in [-0.3, -0.25) is 0 Å². The summed E-state index contributed by atoms with van der Waals surface area (Å²) in [6.45, 7) is 0. The molecule has 0 unspecified atom stereocenters. The lowest BCUT2D eigenvalue weighted by Crippen LogP contribution is -1.66. The van der Waals surface area contributed by atoms with Gasteiger partial charge in [-0.15, -0.1) is 6.42 Å². The monoisotopic (exact) mass is 130 g/mol. The highest BCUT2D eigenvalue weighted by Crippen LogP contribution is 2.31. The smallest absolute Gasteiger partial charge is 0.315 e. The van der Waals surface area contributed by atoms with Crippen molar-refractivity contribution in [3.8, 4) is 23.9 Å². The fraction of sp³-hybridized carbons (Fsp3) is 0. The minimum absolute atomic E-state index is 1.55. The molecule has 0 aromatic carbocycles. The highest BCUT2D eigenvalue weighted by atomic mass is 31.2. The van der Waals surface area contributed by atoms with E-state index in [1.165, 1.54) is 0 Å². The standard InChI is InChI=1S/C4H3O3P/c1-2-3-4-8(5,6)7/h1H,(H2,5,6,7). The fourth-order valence-corrected chi connectivity index (χ4v) is 0.315. The van der Waals surface area contributed by atoms with Crippen molar-refractivity contribution in [2.75, 3.05) is 0 Å². The van der Waals surface area contributed by atoms with Crippen molar-refractivity contribution < 1.29 is 14.4 Å². The van der Waals surface area contributed by atoms with Gasteiger partial charge in [-0.25, -0.2) is 4.57 Å². The van der Waals surface area contributed by atoms with E-state index in [-0.39, 0.29) is 0 Å². The number of rotatable bonds is 0. The van der Waals surface area contributed by atoms with Gasteiger partial charge in [0.1, 0.15) is 0 Å². The molecule has 0 fully saturated rings. The zero-order valence-corrected chi connectivity index (χ0v) is 4.72. The molecule has 2 N–H and O–H groups in total. The molecular formula is C4H3O3P. The van der Waals surface area contributed by atoms with Crippen LogP contribution in [0.2, 0.25) is 0 Å². The van der Waals surface area contributed by atoms with E-state index in [9.17, 15) is 4.57 Å². The maximum Gasteiger partial charge on any atom is 0.401 e. The molecule has 8 heavy (non-hydrogen) atoms. The maximum absolute atomic E-state index is 9.82. The first-order valence-corrected chi connectivity index (χ1v) is 3.21. The van der Waals surface area contributed by atoms with Gasteiger partial charge in [0.15, 0.2) is 0 Å². The number of hydrogen-bond donors (Lipinski definition) is 2. The highest BCUT2D eigenvalue weighted by Gasteiger charge is 2.04. The molecule has 42 valence electrons. The quantitative estimate of drug-likeness (QED) is 0.351. The first kappa shape index (κ1) is 7.27. The molecule has 0 heterocycles. The molecule has 0 amide bonds. The molecule has 0 aliphatic carbocycles. The summed E-state index contributed by atoms with van der Waals surface area (Å²) in [6, 6.07) is 0. The largest absolute Gasteiger partial charge is 0.401 e. The van der Waals surface area contributed by atoms with Gasteiger partial charge in [-0.2, -0.15) is 0 Å². The van der Waals surface area contributed by atoms with E-state index in [1.54, 1.807) is 17.5 Å². The van der Waals surface area contributed by atoms with Gasteiger partial charge in [0.25, 0.3) is 0 Å².